The van der Waals surface area contributed by atoms with Crippen LogP contribution in [-0.4, -0.2) is 32.2 Å². The Morgan fingerprint density at radius 3 is 3.00 bits per heavy atom. The average molecular weight is 308 g/mol. The summed E-state index contributed by atoms with van der Waals surface area (Å²) in [6.07, 6.45) is 1.60. The largest absolute Gasteiger partial charge is 0.368 e. The molecule has 0 spiro atoms. The molecule has 0 aromatic carbocycles. The fraction of sp³-hybridized carbons (Fsp3) is 0.500. The first-order chi connectivity index (χ1) is 7.67. The minimum atomic E-state index is -0.776. The maximum atomic E-state index is 11.2. The normalized spacial score (nSPS) is 12.2. The Kier molecular flexibility index (Phi) is 5.64. The maximum Gasteiger partial charge on any atom is 0.239 e. The number of nitrogen functional groups attached to an aromatic ring is 1. The van der Waals surface area contributed by atoms with Crippen LogP contribution in [-0.2, 0) is 10.8 Å². The Morgan fingerprint density at radius 1 is 1.62 bits per heavy atom. The van der Waals surface area contributed by atoms with Crippen molar-refractivity contribution in [2.45, 2.75) is 6.92 Å². The lowest BCUT2D eigenvalue weighted by atomic mass is 10.5. The monoisotopic (exact) mass is 307 g/mol. The van der Waals surface area contributed by atoms with Crippen LogP contribution in [0.1, 0.15) is 6.92 Å². The van der Waals surface area contributed by atoms with Crippen molar-refractivity contribution >= 4 is 38.5 Å². The van der Waals surface area contributed by atoms with Crippen molar-refractivity contribution in [1.82, 2.24) is 9.97 Å². The lowest BCUT2D eigenvalue weighted by molar-refractivity contribution is 0.684. The van der Waals surface area contributed by atoms with E-state index in [2.05, 4.69) is 36.6 Å². The summed E-state index contributed by atoms with van der Waals surface area (Å²) in [6.45, 7) is 2.49. The third kappa shape index (κ3) is 4.03. The smallest absolute Gasteiger partial charge is 0.239 e. The zero-order chi connectivity index (χ0) is 12.0. The van der Waals surface area contributed by atoms with Crippen LogP contribution in [0.15, 0.2) is 10.7 Å². The predicted molar refractivity (Wildman–Crippen MR) is 69.6 cm³/mol. The SMILES string of the molecule is CCS(=O)CCNc1nc(NN)ncc1Br. The van der Waals surface area contributed by atoms with Crippen LogP contribution in [0, 0.1) is 0 Å². The third-order valence-electron chi connectivity index (χ3n) is 1.82. The summed E-state index contributed by atoms with van der Waals surface area (Å²) in [7, 11) is -0.776. The molecular formula is C8H14BrN5OS. The molecule has 1 unspecified atom stereocenters. The zero-order valence-corrected chi connectivity index (χ0v) is 11.3. The van der Waals surface area contributed by atoms with Gasteiger partial charge in [0.1, 0.15) is 5.82 Å². The molecule has 1 atom stereocenters. The molecule has 6 nitrogen and oxygen atoms in total. The van der Waals surface area contributed by atoms with E-state index in [4.69, 9.17) is 5.84 Å². The van der Waals surface area contributed by atoms with Crippen LogP contribution < -0.4 is 16.6 Å². The molecule has 0 saturated carbocycles. The number of hydrazine groups is 1. The second-order valence-electron chi connectivity index (χ2n) is 2.89. The number of halogens is 1. The number of rotatable bonds is 6. The van der Waals surface area contributed by atoms with Gasteiger partial charge in [-0.15, -0.1) is 0 Å². The van der Waals surface area contributed by atoms with E-state index in [1.165, 1.54) is 0 Å². The van der Waals surface area contributed by atoms with Crippen molar-refractivity contribution in [3.63, 3.8) is 0 Å². The maximum absolute atomic E-state index is 11.2. The van der Waals surface area contributed by atoms with Gasteiger partial charge in [-0.3, -0.25) is 9.63 Å². The fourth-order valence-corrected chi connectivity index (χ4v) is 1.94. The van der Waals surface area contributed by atoms with Gasteiger partial charge in [0.2, 0.25) is 5.95 Å². The molecule has 1 heterocycles. The van der Waals surface area contributed by atoms with Crippen molar-refractivity contribution in [2.75, 3.05) is 28.8 Å². The molecule has 1 aromatic heterocycles. The van der Waals surface area contributed by atoms with Gasteiger partial charge in [-0.05, 0) is 15.9 Å². The third-order valence-corrected chi connectivity index (χ3v) is 3.70. The van der Waals surface area contributed by atoms with Gasteiger partial charge in [0.25, 0.3) is 0 Å². The molecule has 0 aliphatic heterocycles. The van der Waals surface area contributed by atoms with E-state index in [1.807, 2.05) is 6.92 Å². The van der Waals surface area contributed by atoms with Crippen LogP contribution in [0.4, 0.5) is 11.8 Å². The summed E-state index contributed by atoms with van der Waals surface area (Å²) in [5, 5.41) is 3.07. The minimum Gasteiger partial charge on any atom is -0.368 e. The van der Waals surface area contributed by atoms with Gasteiger partial charge in [0.05, 0.1) is 4.47 Å². The molecule has 0 aliphatic rings. The molecular weight excluding hydrogens is 294 g/mol. The van der Waals surface area contributed by atoms with E-state index in [9.17, 15) is 4.21 Å². The van der Waals surface area contributed by atoms with Crippen molar-refractivity contribution in [3.8, 4) is 0 Å². The molecule has 4 N–H and O–H groups in total. The first-order valence-electron chi connectivity index (χ1n) is 4.75. The van der Waals surface area contributed by atoms with Crippen LogP contribution in [0.3, 0.4) is 0 Å². The van der Waals surface area contributed by atoms with E-state index in [1.54, 1.807) is 6.20 Å². The summed E-state index contributed by atoms with van der Waals surface area (Å²) in [6, 6.07) is 0. The Balaban J connectivity index is 2.55. The zero-order valence-electron chi connectivity index (χ0n) is 8.86. The van der Waals surface area contributed by atoms with Gasteiger partial charge in [0, 0.05) is 35.0 Å². The lowest BCUT2D eigenvalue weighted by Gasteiger charge is -2.08. The summed E-state index contributed by atoms with van der Waals surface area (Å²) in [4.78, 5) is 8.03. The molecule has 0 fully saturated rings. The highest BCUT2D eigenvalue weighted by atomic mass is 79.9. The minimum absolute atomic E-state index is 0.335. The Labute approximate surface area is 105 Å². The van der Waals surface area contributed by atoms with Gasteiger partial charge in [0.15, 0.2) is 0 Å². The second-order valence-corrected chi connectivity index (χ2v) is 5.61. The summed E-state index contributed by atoms with van der Waals surface area (Å²) in [5.41, 5.74) is 2.36. The Hall–Kier alpha value is -0.730. The predicted octanol–water partition coefficient (Wildman–Crippen LogP) is 0.705. The highest BCUT2D eigenvalue weighted by molar-refractivity contribution is 9.10. The van der Waals surface area contributed by atoms with Gasteiger partial charge in [-0.2, -0.15) is 4.98 Å². The van der Waals surface area contributed by atoms with Crippen molar-refractivity contribution < 1.29 is 4.21 Å². The molecule has 8 heteroatoms. The second kappa shape index (κ2) is 6.77. The number of hydrogen-bond acceptors (Lipinski definition) is 6. The first kappa shape index (κ1) is 13.3. The van der Waals surface area contributed by atoms with Crippen molar-refractivity contribution in [2.24, 2.45) is 5.84 Å². The van der Waals surface area contributed by atoms with Crippen LogP contribution in [0.5, 0.6) is 0 Å². The molecule has 1 aromatic rings. The molecule has 90 valence electrons. The summed E-state index contributed by atoms with van der Waals surface area (Å²) < 4.78 is 11.9. The molecule has 1 rings (SSSR count). The first-order valence-corrected chi connectivity index (χ1v) is 7.03. The molecule has 0 saturated heterocycles. The molecule has 0 aliphatic carbocycles. The number of anilines is 2. The molecule has 16 heavy (non-hydrogen) atoms. The fourth-order valence-electron chi connectivity index (χ4n) is 0.988. The number of nitrogens with one attached hydrogen (secondary N) is 2. The van der Waals surface area contributed by atoms with Crippen molar-refractivity contribution in [1.29, 1.82) is 0 Å². The quantitative estimate of drug-likeness (QED) is 0.529. The number of aromatic nitrogens is 2. The van der Waals surface area contributed by atoms with Gasteiger partial charge >= 0.3 is 0 Å². The van der Waals surface area contributed by atoms with Gasteiger partial charge in [-0.25, -0.2) is 10.8 Å². The number of nitrogens with zero attached hydrogens (tertiary/aromatic N) is 2. The summed E-state index contributed by atoms with van der Waals surface area (Å²) >= 11 is 3.31. The Bertz CT molecular complexity index is 375. The standard InChI is InChI=1S/C8H14BrN5OS/c1-2-16(15)4-3-11-7-6(9)5-12-8(13-7)14-10/h5H,2-4,10H2,1H3,(H2,11,12,13,14). The van der Waals surface area contributed by atoms with E-state index in [-0.39, 0.29) is 0 Å². The van der Waals surface area contributed by atoms with Crippen molar-refractivity contribution in [3.05, 3.63) is 10.7 Å². The van der Waals surface area contributed by atoms with Gasteiger partial charge in [-0.1, -0.05) is 6.92 Å². The summed E-state index contributed by atoms with van der Waals surface area (Å²) in [5.74, 6) is 7.44. The lowest BCUT2D eigenvalue weighted by Crippen LogP contribution is -2.15. The highest BCUT2D eigenvalue weighted by Gasteiger charge is 2.04. The van der Waals surface area contributed by atoms with E-state index >= 15 is 0 Å². The molecule has 0 radical (unpaired) electrons. The van der Waals surface area contributed by atoms with Crippen LogP contribution >= 0.6 is 15.9 Å². The average Bonchev–Trinajstić information content (AvgIpc) is 2.31. The van der Waals surface area contributed by atoms with E-state index in [0.717, 1.165) is 4.47 Å². The topological polar surface area (TPSA) is 92.9 Å². The van der Waals surface area contributed by atoms with Crippen LogP contribution in [0.25, 0.3) is 0 Å². The van der Waals surface area contributed by atoms with Crippen LogP contribution in [0.2, 0.25) is 0 Å². The molecule has 0 amide bonds. The number of hydrogen-bond donors (Lipinski definition) is 3. The van der Waals surface area contributed by atoms with E-state index < -0.39 is 10.8 Å². The number of nitrogens with two attached hydrogens (primary N) is 1. The van der Waals surface area contributed by atoms with Gasteiger partial charge < -0.3 is 5.32 Å². The van der Waals surface area contributed by atoms with E-state index in [0.29, 0.717) is 29.8 Å². The molecule has 0 bridgehead atoms. The highest BCUT2D eigenvalue weighted by Crippen LogP contribution is 2.19. The Morgan fingerprint density at radius 2 is 2.38 bits per heavy atom.